The van der Waals surface area contributed by atoms with E-state index in [1.165, 1.54) is 28.4 Å². The number of ketones is 4. The summed E-state index contributed by atoms with van der Waals surface area (Å²) in [7, 11) is 5.64. The van der Waals surface area contributed by atoms with Gasteiger partial charge in [0.25, 0.3) is 0 Å². The molecule has 0 spiro atoms. The molecule has 4 fully saturated rings. The first kappa shape index (κ1) is 30.1. The molecular formula is C28H40O10. The molecule has 212 valence electrons. The Labute approximate surface area is 223 Å². The highest BCUT2D eigenvalue weighted by Gasteiger charge is 2.58. The van der Waals surface area contributed by atoms with E-state index in [1.54, 1.807) is 0 Å². The predicted octanol–water partition coefficient (Wildman–Crippen LogP) is 2.57. The van der Waals surface area contributed by atoms with E-state index in [2.05, 4.69) is 0 Å². The van der Waals surface area contributed by atoms with E-state index in [-0.39, 0.29) is 60.7 Å². The Morgan fingerprint density at radius 1 is 0.658 bits per heavy atom. The minimum Gasteiger partial charge on any atom is -0.469 e. The summed E-state index contributed by atoms with van der Waals surface area (Å²) in [5.41, 5.74) is -1.71. The van der Waals surface area contributed by atoms with Crippen molar-refractivity contribution in [3.8, 4) is 0 Å². The van der Waals surface area contributed by atoms with Crippen molar-refractivity contribution in [2.24, 2.45) is 22.7 Å². The zero-order chi connectivity index (χ0) is 28.1. The third kappa shape index (κ3) is 5.61. The Hall–Kier alpha value is -2.46. The summed E-state index contributed by atoms with van der Waals surface area (Å²) in [6.07, 6.45) is 4.35. The number of Topliss-reactive ketones (excluding diaryl/α,β-unsaturated/α-hetero) is 4. The van der Waals surface area contributed by atoms with Crippen LogP contribution in [0.15, 0.2) is 0 Å². The van der Waals surface area contributed by atoms with Crippen molar-refractivity contribution in [1.82, 2.24) is 0 Å². The molecule has 10 nitrogen and oxygen atoms in total. The van der Waals surface area contributed by atoms with Gasteiger partial charge in [0.1, 0.15) is 23.1 Å². The zero-order valence-electron chi connectivity index (χ0n) is 22.9. The number of fused-ring (bicyclic) bond motifs is 2. The van der Waals surface area contributed by atoms with Crippen LogP contribution in [-0.4, -0.2) is 75.7 Å². The van der Waals surface area contributed by atoms with Crippen LogP contribution >= 0.6 is 0 Å². The highest BCUT2D eigenvalue weighted by Crippen LogP contribution is 2.52. The Morgan fingerprint density at radius 2 is 1.03 bits per heavy atom. The summed E-state index contributed by atoms with van der Waals surface area (Å²) in [6.45, 7) is 0. The molecule has 0 bridgehead atoms. The lowest BCUT2D eigenvalue weighted by Gasteiger charge is -2.49. The summed E-state index contributed by atoms with van der Waals surface area (Å²) < 4.78 is 20.3. The highest BCUT2D eigenvalue weighted by atomic mass is 16.5. The molecule has 0 N–H and O–H groups in total. The van der Waals surface area contributed by atoms with Gasteiger partial charge < -0.3 is 18.9 Å². The monoisotopic (exact) mass is 536 g/mol. The summed E-state index contributed by atoms with van der Waals surface area (Å²) in [5, 5.41) is 0. The maximum absolute atomic E-state index is 12.5. The van der Waals surface area contributed by atoms with Crippen molar-refractivity contribution < 1.29 is 47.7 Å². The van der Waals surface area contributed by atoms with E-state index < -0.39 is 35.0 Å². The first-order valence-corrected chi connectivity index (χ1v) is 13.4. The number of carbonyl (C=O) groups is 6. The van der Waals surface area contributed by atoms with Crippen molar-refractivity contribution >= 4 is 35.1 Å². The van der Waals surface area contributed by atoms with Crippen LogP contribution in [0.4, 0.5) is 0 Å². The van der Waals surface area contributed by atoms with Crippen LogP contribution in [0.1, 0.15) is 77.0 Å². The minimum absolute atomic E-state index is 0.0266. The van der Waals surface area contributed by atoms with E-state index in [4.69, 9.17) is 18.9 Å². The quantitative estimate of drug-likeness (QED) is 0.465. The molecule has 0 aromatic heterocycles. The van der Waals surface area contributed by atoms with E-state index in [9.17, 15) is 28.8 Å². The Kier molecular flexibility index (Phi) is 9.97. The van der Waals surface area contributed by atoms with E-state index in [1.807, 2.05) is 0 Å². The summed E-state index contributed by atoms with van der Waals surface area (Å²) in [6, 6.07) is 0. The van der Waals surface area contributed by atoms with Crippen molar-refractivity contribution in [3.05, 3.63) is 0 Å². The highest BCUT2D eigenvalue weighted by molar-refractivity contribution is 5.95. The van der Waals surface area contributed by atoms with Crippen LogP contribution in [0, 0.1) is 22.7 Å². The van der Waals surface area contributed by atoms with Gasteiger partial charge in [0, 0.05) is 52.7 Å². The smallest absolute Gasteiger partial charge is 0.306 e. The molecule has 38 heavy (non-hydrogen) atoms. The average molecular weight is 537 g/mol. The summed E-state index contributed by atoms with van der Waals surface area (Å²) in [5.74, 6) is -0.646. The zero-order valence-corrected chi connectivity index (χ0v) is 22.9. The topological polar surface area (TPSA) is 139 Å². The summed E-state index contributed by atoms with van der Waals surface area (Å²) >= 11 is 0. The molecule has 4 aliphatic rings. The van der Waals surface area contributed by atoms with Crippen LogP contribution in [-0.2, 0) is 47.7 Å². The molecule has 10 heteroatoms. The molecule has 4 aliphatic carbocycles. The predicted molar refractivity (Wildman–Crippen MR) is 133 cm³/mol. The third-order valence-corrected chi connectivity index (χ3v) is 9.23. The molecular weight excluding hydrogens is 496 g/mol. The van der Waals surface area contributed by atoms with Gasteiger partial charge in [0.05, 0.1) is 50.1 Å². The number of rotatable bonds is 6. The number of methoxy groups -OCH3 is 4. The second-order valence-corrected chi connectivity index (χ2v) is 11.0. The molecule has 0 aromatic carbocycles. The largest absolute Gasteiger partial charge is 0.469 e. The van der Waals surface area contributed by atoms with Gasteiger partial charge in [0.2, 0.25) is 0 Å². The van der Waals surface area contributed by atoms with Crippen LogP contribution < -0.4 is 0 Å². The van der Waals surface area contributed by atoms with E-state index >= 15 is 0 Å². The average Bonchev–Trinajstić information content (AvgIpc) is 2.90. The number of ether oxygens (including phenoxy) is 4. The van der Waals surface area contributed by atoms with E-state index in [0.717, 1.165) is 25.7 Å². The van der Waals surface area contributed by atoms with E-state index in [0.29, 0.717) is 25.7 Å². The molecule has 4 saturated carbocycles. The number of carbonyl (C=O) groups excluding carboxylic acids is 6. The Morgan fingerprint density at radius 3 is 1.34 bits per heavy atom. The Bertz CT molecular complexity index is 857. The molecule has 0 aromatic rings. The molecule has 0 radical (unpaired) electrons. The van der Waals surface area contributed by atoms with Crippen molar-refractivity contribution in [2.45, 2.75) is 89.3 Å². The SMILES string of the molecule is COC(=O)C[C@@]12C(=O)CCC[C@@H]1CC(=O)C[C@@H]2OC.COC(=O)C[C@@]12C(=O)CCC[C@@H]1CC(=O)C[C@@H]2OC. The number of hydrogen-bond donors (Lipinski definition) is 0. The van der Waals surface area contributed by atoms with Crippen molar-refractivity contribution in [1.29, 1.82) is 0 Å². The van der Waals surface area contributed by atoms with Crippen LogP contribution in [0.25, 0.3) is 0 Å². The van der Waals surface area contributed by atoms with Crippen LogP contribution in [0.2, 0.25) is 0 Å². The fraction of sp³-hybridized carbons (Fsp3) is 0.786. The van der Waals surface area contributed by atoms with Gasteiger partial charge in [-0.25, -0.2) is 0 Å². The molecule has 0 heterocycles. The molecule has 4 rings (SSSR count). The fourth-order valence-electron chi connectivity index (χ4n) is 7.32. The maximum atomic E-state index is 12.5. The van der Waals surface area contributed by atoms with Gasteiger partial charge in [-0.3, -0.25) is 28.8 Å². The molecule has 0 unspecified atom stereocenters. The lowest BCUT2D eigenvalue weighted by atomic mass is 9.55. The standard InChI is InChI=1S/2C14H20O5/c2*1-18-12-7-10(15)6-9-4-3-5-11(16)14(9,12)8-13(17)19-2/h2*9,12H,3-8H2,1-2H3/t2*9-,12+,14+/m11/s1. The summed E-state index contributed by atoms with van der Waals surface area (Å²) in [4.78, 5) is 71.9. The van der Waals surface area contributed by atoms with Gasteiger partial charge in [-0.05, 0) is 37.5 Å². The maximum Gasteiger partial charge on any atom is 0.306 e. The minimum atomic E-state index is -0.853. The first-order chi connectivity index (χ1) is 18.1. The fourth-order valence-corrected chi connectivity index (χ4v) is 7.32. The second-order valence-electron chi connectivity index (χ2n) is 11.0. The second kappa shape index (κ2) is 12.6. The third-order valence-electron chi connectivity index (χ3n) is 9.23. The number of hydrogen-bond acceptors (Lipinski definition) is 10. The molecule has 0 aliphatic heterocycles. The van der Waals surface area contributed by atoms with Crippen molar-refractivity contribution in [2.75, 3.05) is 28.4 Å². The first-order valence-electron chi connectivity index (χ1n) is 13.4. The molecule has 0 amide bonds. The van der Waals surface area contributed by atoms with Gasteiger partial charge >= 0.3 is 11.9 Å². The van der Waals surface area contributed by atoms with Crippen molar-refractivity contribution in [3.63, 3.8) is 0 Å². The Balaban J connectivity index is 0.000000211. The van der Waals surface area contributed by atoms with Gasteiger partial charge in [-0.1, -0.05) is 0 Å². The van der Waals surface area contributed by atoms with Crippen LogP contribution in [0.3, 0.4) is 0 Å². The van der Waals surface area contributed by atoms with Crippen LogP contribution in [0.5, 0.6) is 0 Å². The molecule has 6 atom stereocenters. The van der Waals surface area contributed by atoms with Gasteiger partial charge in [0.15, 0.2) is 0 Å². The van der Waals surface area contributed by atoms with Gasteiger partial charge in [-0.15, -0.1) is 0 Å². The number of esters is 2. The normalized spacial score (nSPS) is 34.8. The lowest BCUT2D eigenvalue weighted by Crippen LogP contribution is -2.56. The molecule has 0 saturated heterocycles. The lowest BCUT2D eigenvalue weighted by molar-refractivity contribution is -0.170. The van der Waals surface area contributed by atoms with Gasteiger partial charge in [-0.2, -0.15) is 0 Å².